The summed E-state index contributed by atoms with van der Waals surface area (Å²) in [5.41, 5.74) is 0. The molecule has 0 aromatic heterocycles. The fourth-order valence-corrected chi connectivity index (χ4v) is 3.61. The molecule has 4 heteroatoms. The third kappa shape index (κ3) is 16.0. The lowest BCUT2D eigenvalue weighted by atomic mass is 10.1. The predicted octanol–water partition coefficient (Wildman–Crippen LogP) is 6.16. The summed E-state index contributed by atoms with van der Waals surface area (Å²) in [5, 5.41) is 9.19. The molecule has 0 aliphatic carbocycles. The number of hydrogen-bond donors (Lipinski definition) is 1. The zero-order valence-electron chi connectivity index (χ0n) is 15.8. The van der Waals surface area contributed by atoms with Crippen molar-refractivity contribution in [2.45, 2.75) is 103 Å². The molecule has 0 amide bonds. The smallest absolute Gasteiger partial charge is 0.331 e. The molecule has 0 saturated carbocycles. The normalized spacial score (nSPS) is 13.6. The van der Waals surface area contributed by atoms with Crippen LogP contribution in [-0.2, 0) is 9.22 Å². The van der Waals surface area contributed by atoms with Crippen molar-refractivity contribution < 1.29 is 14.3 Å². The summed E-state index contributed by atoms with van der Waals surface area (Å²) in [5.74, 6) is -0.820. The maximum atomic E-state index is 11.2. The molecule has 0 bridgehead atoms. The molecule has 0 fully saturated rings. The predicted molar refractivity (Wildman–Crippen MR) is 101 cm³/mol. The van der Waals surface area contributed by atoms with Gasteiger partial charge in [0.05, 0.1) is 0 Å². The Hall–Kier alpha value is -0.613. The van der Waals surface area contributed by atoms with Crippen LogP contribution in [0.2, 0.25) is 19.6 Å². The third-order valence-corrected chi connectivity index (χ3v) is 4.74. The molecule has 0 aromatic rings. The molecule has 136 valence electrons. The van der Waals surface area contributed by atoms with E-state index in [1.54, 1.807) is 0 Å². The van der Waals surface area contributed by atoms with Crippen LogP contribution in [0.15, 0.2) is 12.2 Å². The monoisotopic (exact) mass is 342 g/mol. The molecule has 0 rings (SSSR count). The van der Waals surface area contributed by atoms with Gasteiger partial charge < -0.3 is 9.53 Å². The molecule has 0 heterocycles. The number of rotatable bonds is 15. The highest BCUT2D eigenvalue weighted by atomic mass is 28.4. The van der Waals surface area contributed by atoms with Gasteiger partial charge in [-0.15, -0.1) is 0 Å². The van der Waals surface area contributed by atoms with E-state index in [9.17, 15) is 9.90 Å². The first-order valence-electron chi connectivity index (χ1n) is 9.42. The van der Waals surface area contributed by atoms with E-state index < -0.39 is 20.4 Å². The first-order chi connectivity index (χ1) is 10.9. The largest absolute Gasteiger partial charge is 0.479 e. The fraction of sp³-hybridized carbons (Fsp3) is 0.842. The van der Waals surface area contributed by atoms with Gasteiger partial charge in [0.1, 0.15) is 6.10 Å². The fourth-order valence-electron chi connectivity index (χ4n) is 2.54. The lowest BCUT2D eigenvalue weighted by Crippen LogP contribution is -2.36. The minimum absolute atomic E-state index is 0.612. The Morgan fingerprint density at radius 1 is 0.957 bits per heavy atom. The molecule has 0 saturated heterocycles. The van der Waals surface area contributed by atoms with Crippen LogP contribution in [0, 0.1) is 0 Å². The van der Waals surface area contributed by atoms with E-state index in [2.05, 4.69) is 19.1 Å². The van der Waals surface area contributed by atoms with E-state index in [4.69, 9.17) is 4.43 Å². The van der Waals surface area contributed by atoms with Gasteiger partial charge in [-0.1, -0.05) is 57.6 Å². The van der Waals surface area contributed by atoms with Gasteiger partial charge in [-0.05, 0) is 51.7 Å². The Morgan fingerprint density at radius 2 is 1.48 bits per heavy atom. The molecular weight excluding hydrogens is 304 g/mol. The Kier molecular flexibility index (Phi) is 13.4. The Labute approximate surface area is 144 Å². The average Bonchev–Trinajstić information content (AvgIpc) is 2.45. The molecule has 1 N–H and O–H groups in total. The Bertz CT molecular complexity index is 321. The van der Waals surface area contributed by atoms with Crippen molar-refractivity contribution in [2.75, 3.05) is 0 Å². The summed E-state index contributed by atoms with van der Waals surface area (Å²) in [6.45, 7) is 8.35. The van der Waals surface area contributed by atoms with Crippen LogP contribution in [0.4, 0.5) is 0 Å². The number of allylic oxidation sites excluding steroid dienone is 2. The van der Waals surface area contributed by atoms with Gasteiger partial charge in [-0.25, -0.2) is 4.79 Å². The topological polar surface area (TPSA) is 46.5 Å². The molecule has 1 unspecified atom stereocenters. The highest BCUT2D eigenvalue weighted by molar-refractivity contribution is 6.69. The number of aliphatic carboxylic acids is 1. The summed E-state index contributed by atoms with van der Waals surface area (Å²) in [6, 6.07) is 0. The van der Waals surface area contributed by atoms with Crippen LogP contribution in [-0.4, -0.2) is 25.5 Å². The maximum Gasteiger partial charge on any atom is 0.331 e. The van der Waals surface area contributed by atoms with E-state index in [0.29, 0.717) is 6.42 Å². The summed E-state index contributed by atoms with van der Waals surface area (Å²) in [4.78, 5) is 11.2. The Balaban J connectivity index is 3.59. The molecule has 0 aliphatic heterocycles. The SMILES string of the molecule is CCCCCCCCCC=CCCCC(O[Si](C)(C)C)C(=O)O. The highest BCUT2D eigenvalue weighted by Gasteiger charge is 2.25. The molecule has 0 radical (unpaired) electrons. The van der Waals surface area contributed by atoms with Crippen LogP contribution in [0.25, 0.3) is 0 Å². The number of carboxylic acid groups (broad SMARTS) is 1. The number of unbranched alkanes of at least 4 members (excludes halogenated alkanes) is 8. The quantitative estimate of drug-likeness (QED) is 0.220. The second-order valence-corrected chi connectivity index (χ2v) is 11.8. The highest BCUT2D eigenvalue weighted by Crippen LogP contribution is 2.14. The van der Waals surface area contributed by atoms with E-state index in [1.165, 1.54) is 44.9 Å². The van der Waals surface area contributed by atoms with Crippen molar-refractivity contribution in [1.82, 2.24) is 0 Å². The van der Waals surface area contributed by atoms with Crippen molar-refractivity contribution in [3.05, 3.63) is 12.2 Å². The maximum absolute atomic E-state index is 11.2. The lowest BCUT2D eigenvalue weighted by molar-refractivity contribution is -0.145. The summed E-state index contributed by atoms with van der Waals surface area (Å²) in [7, 11) is -1.78. The van der Waals surface area contributed by atoms with Crippen molar-refractivity contribution in [2.24, 2.45) is 0 Å². The van der Waals surface area contributed by atoms with Crippen LogP contribution < -0.4 is 0 Å². The van der Waals surface area contributed by atoms with Crippen molar-refractivity contribution in [1.29, 1.82) is 0 Å². The summed E-state index contributed by atoms with van der Waals surface area (Å²) in [6.07, 6.45) is 16.9. The Morgan fingerprint density at radius 3 is 2.00 bits per heavy atom. The van der Waals surface area contributed by atoms with Gasteiger partial charge >= 0.3 is 5.97 Å². The standard InChI is InChI=1S/C19H38O3Si/c1-5-6-7-8-9-10-11-12-13-14-15-16-17-18(19(20)21)22-23(2,3)4/h13-14,18H,5-12,15-17H2,1-4H3,(H,20,21). The van der Waals surface area contributed by atoms with E-state index in [1.807, 2.05) is 19.6 Å². The van der Waals surface area contributed by atoms with Gasteiger partial charge in [0.15, 0.2) is 8.32 Å². The molecule has 23 heavy (non-hydrogen) atoms. The third-order valence-electron chi connectivity index (χ3n) is 3.75. The van der Waals surface area contributed by atoms with Crippen LogP contribution in [0.1, 0.15) is 77.6 Å². The molecule has 0 spiro atoms. The number of hydrogen-bond acceptors (Lipinski definition) is 2. The van der Waals surface area contributed by atoms with Gasteiger partial charge in [0.2, 0.25) is 0 Å². The van der Waals surface area contributed by atoms with E-state index in [-0.39, 0.29) is 0 Å². The van der Waals surface area contributed by atoms with Gasteiger partial charge in [0, 0.05) is 0 Å². The number of carboxylic acids is 1. The van der Waals surface area contributed by atoms with Crippen molar-refractivity contribution >= 4 is 14.3 Å². The van der Waals surface area contributed by atoms with Crippen molar-refractivity contribution in [3.8, 4) is 0 Å². The molecule has 0 aliphatic rings. The molecular formula is C19H38O3Si. The summed E-state index contributed by atoms with van der Waals surface area (Å²) >= 11 is 0. The average molecular weight is 343 g/mol. The second-order valence-electron chi connectivity index (χ2n) is 7.37. The first-order valence-corrected chi connectivity index (χ1v) is 12.8. The van der Waals surface area contributed by atoms with Gasteiger partial charge in [0.25, 0.3) is 0 Å². The molecule has 3 nitrogen and oxygen atoms in total. The number of carbonyl (C=O) groups is 1. The van der Waals surface area contributed by atoms with E-state index >= 15 is 0 Å². The van der Waals surface area contributed by atoms with Crippen LogP contribution in [0.3, 0.4) is 0 Å². The zero-order valence-corrected chi connectivity index (χ0v) is 16.8. The minimum atomic E-state index is -1.78. The van der Waals surface area contributed by atoms with Crippen LogP contribution >= 0.6 is 0 Å². The zero-order chi connectivity index (χ0) is 17.6. The lowest BCUT2D eigenvalue weighted by Gasteiger charge is -2.23. The van der Waals surface area contributed by atoms with Crippen molar-refractivity contribution in [3.63, 3.8) is 0 Å². The van der Waals surface area contributed by atoms with E-state index in [0.717, 1.165) is 19.3 Å². The second kappa shape index (κ2) is 13.8. The molecule has 1 atom stereocenters. The molecule has 0 aromatic carbocycles. The van der Waals surface area contributed by atoms with Gasteiger partial charge in [-0.2, -0.15) is 0 Å². The van der Waals surface area contributed by atoms with Crippen LogP contribution in [0.5, 0.6) is 0 Å². The minimum Gasteiger partial charge on any atom is -0.479 e. The summed E-state index contributed by atoms with van der Waals surface area (Å²) < 4.78 is 5.71. The first kappa shape index (κ1) is 22.4. The van der Waals surface area contributed by atoms with Gasteiger partial charge in [-0.3, -0.25) is 0 Å².